The van der Waals surface area contributed by atoms with Crippen molar-refractivity contribution in [3.8, 4) is 0 Å². The van der Waals surface area contributed by atoms with Gasteiger partial charge < -0.3 is 16.5 Å². The van der Waals surface area contributed by atoms with Gasteiger partial charge in [-0.1, -0.05) is 25.7 Å². The zero-order valence-electron chi connectivity index (χ0n) is 12.8. The van der Waals surface area contributed by atoms with E-state index >= 15 is 0 Å². The summed E-state index contributed by atoms with van der Waals surface area (Å²) in [6.45, 7) is 15.7. The summed E-state index contributed by atoms with van der Waals surface area (Å²) in [6.07, 6.45) is 0. The van der Waals surface area contributed by atoms with Crippen LogP contribution in [0.1, 0.15) is 0 Å². The summed E-state index contributed by atoms with van der Waals surface area (Å²) < 4.78 is 24.4. The molecule has 2 atom stereocenters. The molecule has 1 aliphatic rings. The molecule has 0 aromatic carbocycles. The molecule has 1 heterocycles. The van der Waals surface area contributed by atoms with Gasteiger partial charge in [0.25, 0.3) is 27.9 Å². The largest absolute Gasteiger partial charge is 0.420 e. The van der Waals surface area contributed by atoms with Crippen molar-refractivity contribution in [2.75, 3.05) is 0 Å². The highest BCUT2D eigenvalue weighted by Crippen LogP contribution is 2.25. The first kappa shape index (κ1) is 17.0. The summed E-state index contributed by atoms with van der Waals surface area (Å²) in [5.74, 6) is 0. The van der Waals surface area contributed by atoms with Crippen molar-refractivity contribution in [1.82, 2.24) is 0 Å². The van der Waals surface area contributed by atoms with Crippen molar-refractivity contribution in [3.63, 3.8) is 0 Å². The summed E-state index contributed by atoms with van der Waals surface area (Å²) >= 11 is 0. The minimum atomic E-state index is -2.05. The SMILES string of the molecule is C[SiH]1O[SiH](C)O[Si](C)(CC[Si](C)(C)C)O[SiH](C)O1. The lowest BCUT2D eigenvalue weighted by atomic mass is 10.9. The fraction of sp³-hybridized carbons (Fsp3) is 1.00. The van der Waals surface area contributed by atoms with Gasteiger partial charge in [-0.25, -0.2) is 0 Å². The van der Waals surface area contributed by atoms with E-state index in [-0.39, 0.29) is 0 Å². The number of hydrogen-bond donors (Lipinski definition) is 0. The summed E-state index contributed by atoms with van der Waals surface area (Å²) in [6, 6.07) is 2.37. The minimum Gasteiger partial charge on any atom is -0.420 e. The second kappa shape index (κ2) is 6.58. The van der Waals surface area contributed by atoms with Gasteiger partial charge in [-0.05, 0) is 32.2 Å². The van der Waals surface area contributed by atoms with Crippen LogP contribution in [-0.2, 0) is 16.5 Å². The lowest BCUT2D eigenvalue weighted by Crippen LogP contribution is -2.53. The topological polar surface area (TPSA) is 36.9 Å². The monoisotopic (exact) mass is 340 g/mol. The average molecular weight is 341 g/mol. The van der Waals surface area contributed by atoms with Crippen molar-refractivity contribution in [2.45, 2.75) is 57.9 Å². The van der Waals surface area contributed by atoms with Gasteiger partial charge in [0.2, 0.25) is 0 Å². The fourth-order valence-electron chi connectivity index (χ4n) is 2.08. The lowest BCUT2D eigenvalue weighted by Gasteiger charge is -2.38. The Hall–Kier alpha value is 0.924. The Morgan fingerprint density at radius 3 is 1.72 bits per heavy atom. The quantitative estimate of drug-likeness (QED) is 0.737. The van der Waals surface area contributed by atoms with Gasteiger partial charge >= 0.3 is 8.56 Å². The van der Waals surface area contributed by atoms with Crippen LogP contribution in [0.15, 0.2) is 0 Å². The summed E-state index contributed by atoms with van der Waals surface area (Å²) in [5.41, 5.74) is 0. The minimum absolute atomic E-state index is 1.04. The molecule has 0 radical (unpaired) electrons. The van der Waals surface area contributed by atoms with Gasteiger partial charge in [0.05, 0.1) is 0 Å². The van der Waals surface area contributed by atoms with Crippen molar-refractivity contribution in [2.24, 2.45) is 0 Å². The van der Waals surface area contributed by atoms with Crippen LogP contribution in [0.4, 0.5) is 0 Å². The molecule has 0 saturated carbocycles. The van der Waals surface area contributed by atoms with E-state index in [1.807, 2.05) is 0 Å². The van der Waals surface area contributed by atoms with Crippen molar-refractivity contribution in [3.05, 3.63) is 0 Å². The first-order valence-corrected chi connectivity index (χ1v) is 19.3. The van der Waals surface area contributed by atoms with Crippen LogP contribution in [0.3, 0.4) is 0 Å². The van der Waals surface area contributed by atoms with E-state index in [4.69, 9.17) is 16.5 Å². The molecule has 1 fully saturated rings. The second-order valence-corrected chi connectivity index (χ2v) is 22.3. The third-order valence-corrected chi connectivity index (χ3v) is 19.1. The third kappa shape index (κ3) is 6.39. The van der Waals surface area contributed by atoms with Gasteiger partial charge in [-0.2, -0.15) is 0 Å². The molecule has 0 spiro atoms. The van der Waals surface area contributed by atoms with Crippen LogP contribution in [0.25, 0.3) is 0 Å². The Morgan fingerprint density at radius 2 is 1.33 bits per heavy atom. The molecule has 108 valence electrons. The van der Waals surface area contributed by atoms with Gasteiger partial charge in [0.15, 0.2) is 0 Å². The van der Waals surface area contributed by atoms with E-state index in [9.17, 15) is 0 Å². The van der Waals surface area contributed by atoms with Gasteiger partial charge in [-0.3, -0.25) is 0 Å². The van der Waals surface area contributed by atoms with Gasteiger partial charge in [0.1, 0.15) is 0 Å². The van der Waals surface area contributed by atoms with Crippen molar-refractivity contribution < 1.29 is 16.5 Å². The molecule has 0 aromatic heterocycles. The fourth-order valence-corrected chi connectivity index (χ4v) is 20.8. The maximum absolute atomic E-state index is 6.26. The molecule has 1 rings (SSSR count). The highest BCUT2D eigenvalue weighted by atomic mass is 28.5. The normalized spacial score (nSPS) is 39.2. The molecule has 4 nitrogen and oxygen atoms in total. The predicted molar refractivity (Wildman–Crippen MR) is 88.0 cm³/mol. The Labute approximate surface area is 119 Å². The number of hydrogen-bond acceptors (Lipinski definition) is 4. The first-order valence-electron chi connectivity index (χ1n) is 6.76. The van der Waals surface area contributed by atoms with Crippen LogP contribution in [0.5, 0.6) is 0 Å². The maximum atomic E-state index is 6.26. The molecule has 0 N–H and O–H groups in total. The zero-order valence-corrected chi connectivity index (χ0v) is 18.2. The summed E-state index contributed by atoms with van der Waals surface area (Å²) in [5, 5.41) is 0. The predicted octanol–water partition coefficient (Wildman–Crippen LogP) is 2.03. The van der Waals surface area contributed by atoms with E-state index in [2.05, 4.69) is 45.8 Å². The Bertz CT molecular complexity index is 258. The molecule has 2 unspecified atom stereocenters. The Balaban J connectivity index is 2.65. The molecule has 0 bridgehead atoms. The van der Waals surface area contributed by atoms with Crippen molar-refractivity contribution in [1.29, 1.82) is 0 Å². The molecule has 1 saturated heterocycles. The third-order valence-electron chi connectivity index (χ3n) is 2.93. The van der Waals surface area contributed by atoms with Crippen LogP contribution in [-0.4, -0.2) is 44.5 Å². The van der Waals surface area contributed by atoms with Crippen molar-refractivity contribution >= 4 is 44.5 Å². The Kier molecular flexibility index (Phi) is 6.21. The molecule has 18 heavy (non-hydrogen) atoms. The van der Waals surface area contributed by atoms with Gasteiger partial charge in [0, 0.05) is 8.07 Å². The first-order chi connectivity index (χ1) is 8.10. The van der Waals surface area contributed by atoms with E-state index in [0.29, 0.717) is 0 Å². The summed E-state index contributed by atoms with van der Waals surface area (Å²) in [4.78, 5) is 0. The van der Waals surface area contributed by atoms with Crippen LogP contribution < -0.4 is 0 Å². The van der Waals surface area contributed by atoms with E-state index in [1.54, 1.807) is 0 Å². The highest BCUT2D eigenvalue weighted by Gasteiger charge is 2.40. The van der Waals surface area contributed by atoms with E-state index in [0.717, 1.165) is 6.04 Å². The zero-order chi connectivity index (χ0) is 14.0. The molecule has 9 heteroatoms. The standard InChI is InChI=1S/C9H28O4Si5/c1-14-10-15(2)12-18(7,13-16(3)11-14)9-8-17(4,5)6/h14-16H,8-9H2,1-7H3. The maximum Gasteiger partial charge on any atom is 0.316 e. The second-order valence-electron chi connectivity index (χ2n) is 6.41. The molecular weight excluding hydrogens is 313 g/mol. The van der Waals surface area contributed by atoms with E-state index in [1.165, 1.54) is 6.04 Å². The van der Waals surface area contributed by atoms with Crippen LogP contribution >= 0.6 is 0 Å². The molecule has 0 aliphatic carbocycles. The summed E-state index contributed by atoms with van der Waals surface area (Å²) in [7, 11) is -7.69. The Morgan fingerprint density at radius 1 is 0.889 bits per heavy atom. The molecule has 0 amide bonds. The van der Waals surface area contributed by atoms with Crippen LogP contribution in [0.2, 0.25) is 57.9 Å². The molecule has 1 aliphatic heterocycles. The smallest absolute Gasteiger partial charge is 0.316 e. The average Bonchev–Trinajstić information content (AvgIpc) is 2.10. The molecule has 0 aromatic rings. The highest BCUT2D eigenvalue weighted by molar-refractivity contribution is 6.83. The van der Waals surface area contributed by atoms with E-state index < -0.39 is 44.5 Å². The number of rotatable bonds is 3. The molecular formula is C9H28O4Si5. The lowest BCUT2D eigenvalue weighted by molar-refractivity contribution is 0.275. The van der Waals surface area contributed by atoms with Gasteiger partial charge in [-0.15, -0.1) is 0 Å². The van der Waals surface area contributed by atoms with Crippen LogP contribution in [0, 0.1) is 0 Å².